The van der Waals surface area contributed by atoms with Crippen LogP contribution in [0, 0.1) is 13.8 Å². The minimum Gasteiger partial charge on any atom is -0.455 e. The van der Waals surface area contributed by atoms with Crippen molar-refractivity contribution in [2.45, 2.75) is 26.4 Å². The molecule has 1 aliphatic heterocycles. The summed E-state index contributed by atoms with van der Waals surface area (Å²) in [5.41, 5.74) is 10.7. The van der Waals surface area contributed by atoms with Crippen molar-refractivity contribution < 1.29 is 4.42 Å². The van der Waals surface area contributed by atoms with Gasteiger partial charge in [-0.3, -0.25) is 0 Å². The Balaban J connectivity index is 1.54. The second kappa shape index (κ2) is 11.1. The average Bonchev–Trinajstić information content (AvgIpc) is 3.31. The van der Waals surface area contributed by atoms with E-state index in [1.807, 2.05) is 0 Å². The van der Waals surface area contributed by atoms with Gasteiger partial charge in [0.2, 0.25) is 0 Å². The topological polar surface area (TPSA) is 19.6 Å². The molecule has 2 heterocycles. The minimum absolute atomic E-state index is 0.0595. The summed E-state index contributed by atoms with van der Waals surface area (Å²) in [6, 6.07) is 49.8. The van der Waals surface area contributed by atoms with E-state index >= 15 is 0 Å². The quantitative estimate of drug-likeness (QED) is 0.215. The van der Waals surface area contributed by atoms with Crippen LogP contribution in [0.15, 0.2) is 144 Å². The van der Waals surface area contributed by atoms with Crippen molar-refractivity contribution >= 4 is 11.4 Å². The summed E-state index contributed by atoms with van der Waals surface area (Å²) in [5.74, 6) is 1.87. The van der Waals surface area contributed by atoms with Crippen LogP contribution >= 0.6 is 0 Å². The molecule has 0 radical (unpaired) electrons. The van der Waals surface area contributed by atoms with Gasteiger partial charge in [-0.2, -0.15) is 0 Å². The first-order chi connectivity index (χ1) is 20.7. The van der Waals surface area contributed by atoms with Gasteiger partial charge in [0.25, 0.3) is 0 Å². The largest absolute Gasteiger partial charge is 0.455 e. The molecule has 5 aromatic carbocycles. The van der Waals surface area contributed by atoms with Gasteiger partial charge in [0.1, 0.15) is 11.5 Å². The van der Waals surface area contributed by atoms with Crippen LogP contribution in [0.3, 0.4) is 0 Å². The molecule has 1 atom stereocenters. The second-order valence-corrected chi connectivity index (χ2v) is 11.2. The average molecular weight is 547 g/mol. The molecule has 0 fully saturated rings. The van der Waals surface area contributed by atoms with Gasteiger partial charge in [0.05, 0.1) is 12.7 Å². The summed E-state index contributed by atoms with van der Waals surface area (Å²) in [5, 5.41) is 0. The third-order valence-corrected chi connectivity index (χ3v) is 8.26. The van der Waals surface area contributed by atoms with Crippen LogP contribution < -0.4 is 9.80 Å². The van der Waals surface area contributed by atoms with Crippen molar-refractivity contribution in [3.8, 4) is 22.6 Å². The first-order valence-corrected chi connectivity index (χ1v) is 14.6. The van der Waals surface area contributed by atoms with Gasteiger partial charge < -0.3 is 14.2 Å². The van der Waals surface area contributed by atoms with E-state index in [9.17, 15) is 0 Å². The van der Waals surface area contributed by atoms with Gasteiger partial charge >= 0.3 is 0 Å². The Morgan fingerprint density at radius 3 is 1.62 bits per heavy atom. The van der Waals surface area contributed by atoms with Gasteiger partial charge in [-0.1, -0.05) is 126 Å². The fourth-order valence-corrected chi connectivity index (χ4v) is 6.09. The van der Waals surface area contributed by atoms with Crippen LogP contribution in [0.2, 0.25) is 0 Å². The standard InChI is InChI=1S/C39H34N2O/c1-28-18-22-33(23-19-28)40-26-35-36(39(32-16-10-5-11-17-32)42-38(35)31-14-8-4-9-15-31)37(30-12-6-3-7-13-30)41(27-40)34-24-20-29(2)21-25-34/h3-25,37H,26-27H2,1-2H3. The molecule has 1 aliphatic rings. The number of anilines is 2. The zero-order valence-corrected chi connectivity index (χ0v) is 24.1. The number of rotatable bonds is 5. The lowest BCUT2D eigenvalue weighted by Gasteiger charge is -2.36. The molecule has 0 N–H and O–H groups in total. The van der Waals surface area contributed by atoms with E-state index in [1.54, 1.807) is 0 Å². The number of aryl methyl sites for hydroxylation is 2. The zero-order valence-electron chi connectivity index (χ0n) is 24.1. The molecule has 0 amide bonds. The van der Waals surface area contributed by atoms with E-state index in [4.69, 9.17) is 4.42 Å². The Hall–Kier alpha value is -5.02. The molecule has 0 saturated carbocycles. The van der Waals surface area contributed by atoms with Crippen LogP contribution in [-0.4, -0.2) is 6.67 Å². The maximum Gasteiger partial charge on any atom is 0.140 e. The van der Waals surface area contributed by atoms with Gasteiger partial charge in [-0.15, -0.1) is 0 Å². The molecule has 0 aliphatic carbocycles. The van der Waals surface area contributed by atoms with Gasteiger partial charge in [0.15, 0.2) is 0 Å². The predicted octanol–water partition coefficient (Wildman–Crippen LogP) is 9.80. The Morgan fingerprint density at radius 1 is 0.548 bits per heavy atom. The Morgan fingerprint density at radius 2 is 1.05 bits per heavy atom. The minimum atomic E-state index is -0.0595. The van der Waals surface area contributed by atoms with Crippen molar-refractivity contribution in [2.24, 2.45) is 0 Å². The molecular formula is C39H34N2O. The Bertz CT molecular complexity index is 1770. The number of furan rings is 1. The molecule has 0 spiro atoms. The Labute approximate surface area is 248 Å². The fourth-order valence-electron chi connectivity index (χ4n) is 6.09. The lowest BCUT2D eigenvalue weighted by atomic mass is 9.90. The fraction of sp³-hybridized carbons (Fsp3) is 0.128. The molecule has 1 unspecified atom stereocenters. The first-order valence-electron chi connectivity index (χ1n) is 14.6. The van der Waals surface area contributed by atoms with Crippen molar-refractivity contribution in [1.29, 1.82) is 0 Å². The van der Waals surface area contributed by atoms with Crippen molar-refractivity contribution in [3.05, 3.63) is 167 Å². The second-order valence-electron chi connectivity index (χ2n) is 11.2. The SMILES string of the molecule is Cc1ccc(N2Cc3c(-c4ccccc4)oc(-c4ccccc4)c3C(c3ccccc3)N(c3ccc(C)cc3)C2)cc1. The zero-order chi connectivity index (χ0) is 28.5. The molecule has 42 heavy (non-hydrogen) atoms. The van der Waals surface area contributed by atoms with E-state index < -0.39 is 0 Å². The summed E-state index contributed by atoms with van der Waals surface area (Å²) in [6.45, 7) is 5.74. The normalized spacial score (nSPS) is 14.9. The lowest BCUT2D eigenvalue weighted by Crippen LogP contribution is -2.38. The molecule has 6 aromatic rings. The van der Waals surface area contributed by atoms with Gasteiger partial charge in [0, 0.05) is 40.2 Å². The molecule has 0 bridgehead atoms. The van der Waals surface area contributed by atoms with E-state index in [1.165, 1.54) is 39.2 Å². The highest BCUT2D eigenvalue weighted by Gasteiger charge is 2.37. The third kappa shape index (κ3) is 4.88. The molecule has 3 heteroatoms. The Kier molecular flexibility index (Phi) is 6.85. The summed E-state index contributed by atoms with van der Waals surface area (Å²) in [4.78, 5) is 5.02. The molecular weight excluding hydrogens is 512 g/mol. The van der Waals surface area contributed by atoms with E-state index in [0.29, 0.717) is 0 Å². The maximum atomic E-state index is 7.00. The molecule has 7 rings (SSSR count). The van der Waals surface area contributed by atoms with Crippen LogP contribution in [0.4, 0.5) is 11.4 Å². The van der Waals surface area contributed by atoms with Crippen LogP contribution in [0.25, 0.3) is 22.6 Å². The third-order valence-electron chi connectivity index (χ3n) is 8.26. The highest BCUT2D eigenvalue weighted by atomic mass is 16.3. The highest BCUT2D eigenvalue weighted by molar-refractivity contribution is 5.77. The molecule has 0 saturated heterocycles. The van der Waals surface area contributed by atoms with Crippen molar-refractivity contribution in [2.75, 3.05) is 16.5 Å². The summed E-state index contributed by atoms with van der Waals surface area (Å²) in [7, 11) is 0. The van der Waals surface area contributed by atoms with E-state index in [2.05, 4.69) is 163 Å². The van der Waals surface area contributed by atoms with E-state index in [0.717, 1.165) is 35.9 Å². The first kappa shape index (κ1) is 25.9. The molecule has 206 valence electrons. The smallest absolute Gasteiger partial charge is 0.140 e. The number of hydrogen-bond acceptors (Lipinski definition) is 3. The van der Waals surface area contributed by atoms with Gasteiger partial charge in [-0.05, 0) is 43.7 Å². The molecule has 3 nitrogen and oxygen atoms in total. The van der Waals surface area contributed by atoms with Crippen LogP contribution in [0.1, 0.15) is 33.9 Å². The number of fused-ring (bicyclic) bond motifs is 1. The van der Waals surface area contributed by atoms with Crippen molar-refractivity contribution in [3.63, 3.8) is 0 Å². The van der Waals surface area contributed by atoms with Crippen molar-refractivity contribution in [1.82, 2.24) is 0 Å². The maximum absolute atomic E-state index is 7.00. The summed E-state index contributed by atoms with van der Waals surface area (Å²) < 4.78 is 7.00. The van der Waals surface area contributed by atoms with E-state index in [-0.39, 0.29) is 6.04 Å². The number of nitrogens with zero attached hydrogens (tertiary/aromatic N) is 2. The predicted molar refractivity (Wildman–Crippen MR) is 174 cm³/mol. The molecule has 1 aromatic heterocycles. The lowest BCUT2D eigenvalue weighted by molar-refractivity contribution is 0.582. The summed E-state index contributed by atoms with van der Waals surface area (Å²) in [6.07, 6.45) is 0. The summed E-state index contributed by atoms with van der Waals surface area (Å²) >= 11 is 0. The highest BCUT2D eigenvalue weighted by Crippen LogP contribution is 2.48. The van der Waals surface area contributed by atoms with Crippen LogP contribution in [0.5, 0.6) is 0 Å². The van der Waals surface area contributed by atoms with Crippen LogP contribution in [-0.2, 0) is 6.54 Å². The number of benzene rings is 5. The number of hydrogen-bond donors (Lipinski definition) is 0. The van der Waals surface area contributed by atoms with Gasteiger partial charge in [-0.25, -0.2) is 0 Å². The monoisotopic (exact) mass is 546 g/mol.